The Hall–Kier alpha value is -0.610. The van der Waals surface area contributed by atoms with Crippen LogP contribution in [0.3, 0.4) is 0 Å². The molecule has 0 aromatic rings. The molecule has 0 atom stereocenters. The Morgan fingerprint density at radius 2 is 1.94 bits per heavy atom. The third kappa shape index (κ3) is 5.47. The lowest BCUT2D eigenvalue weighted by atomic mass is 10.1. The molecule has 0 bridgehead atoms. The molecule has 1 amide bonds. The molecule has 0 aliphatic carbocycles. The van der Waals surface area contributed by atoms with Gasteiger partial charge < -0.3 is 15.3 Å². The highest BCUT2D eigenvalue weighted by Crippen LogP contribution is 2.09. The zero-order valence-corrected chi connectivity index (χ0v) is 10.5. The molecule has 1 aliphatic heterocycles. The van der Waals surface area contributed by atoms with Crippen molar-refractivity contribution in [1.29, 1.82) is 0 Å². The fourth-order valence-corrected chi connectivity index (χ4v) is 1.89. The molecule has 4 heteroatoms. The molecule has 0 unspecified atom stereocenters. The van der Waals surface area contributed by atoms with Gasteiger partial charge in [0.2, 0.25) is 5.91 Å². The molecule has 0 aromatic carbocycles. The van der Waals surface area contributed by atoms with Crippen LogP contribution in [0.4, 0.5) is 0 Å². The van der Waals surface area contributed by atoms with Crippen molar-refractivity contribution in [2.24, 2.45) is 0 Å². The third-order valence-electron chi connectivity index (χ3n) is 2.78. The number of nitrogens with one attached hydrogen (secondary N) is 1. The van der Waals surface area contributed by atoms with Crippen molar-refractivity contribution < 1.29 is 9.90 Å². The Balaban J connectivity index is 2.10. The molecule has 2 N–H and O–H groups in total. The summed E-state index contributed by atoms with van der Waals surface area (Å²) >= 11 is 0. The van der Waals surface area contributed by atoms with Gasteiger partial charge >= 0.3 is 0 Å². The average molecular weight is 228 g/mol. The smallest absolute Gasteiger partial charge is 0.223 e. The van der Waals surface area contributed by atoms with Gasteiger partial charge in [0.05, 0.1) is 5.60 Å². The van der Waals surface area contributed by atoms with E-state index in [-0.39, 0.29) is 5.91 Å². The summed E-state index contributed by atoms with van der Waals surface area (Å²) in [6, 6.07) is 0. The molecular weight excluding hydrogens is 204 g/mol. The summed E-state index contributed by atoms with van der Waals surface area (Å²) in [5.41, 5.74) is -0.700. The van der Waals surface area contributed by atoms with Crippen LogP contribution in [0.15, 0.2) is 0 Å². The van der Waals surface area contributed by atoms with E-state index in [1.54, 1.807) is 13.8 Å². The van der Waals surface area contributed by atoms with Crippen LogP contribution < -0.4 is 5.32 Å². The van der Waals surface area contributed by atoms with Gasteiger partial charge in [0.15, 0.2) is 0 Å². The first-order valence-corrected chi connectivity index (χ1v) is 6.20. The monoisotopic (exact) mass is 228 g/mol. The number of rotatable bonds is 5. The second-order valence-electron chi connectivity index (χ2n) is 5.18. The highest BCUT2D eigenvalue weighted by molar-refractivity contribution is 5.76. The number of aliphatic hydroxyl groups is 1. The molecule has 4 nitrogen and oxygen atoms in total. The summed E-state index contributed by atoms with van der Waals surface area (Å²) in [7, 11) is 0. The number of piperidine rings is 1. The third-order valence-corrected chi connectivity index (χ3v) is 2.78. The molecule has 0 spiro atoms. The molecule has 1 fully saturated rings. The summed E-state index contributed by atoms with van der Waals surface area (Å²) in [5, 5.41) is 12.6. The predicted molar refractivity (Wildman–Crippen MR) is 64.2 cm³/mol. The van der Waals surface area contributed by atoms with Gasteiger partial charge in [-0.2, -0.15) is 0 Å². The summed E-state index contributed by atoms with van der Waals surface area (Å²) in [4.78, 5) is 13.7. The summed E-state index contributed by atoms with van der Waals surface area (Å²) in [5.74, 6) is 0.239. The van der Waals surface area contributed by atoms with E-state index in [1.165, 1.54) is 6.42 Å². The lowest BCUT2D eigenvalue weighted by Gasteiger charge is -2.27. The van der Waals surface area contributed by atoms with Gasteiger partial charge in [-0.15, -0.1) is 0 Å². The van der Waals surface area contributed by atoms with E-state index in [0.29, 0.717) is 19.5 Å². The number of carbonyl (C=O) groups is 1. The number of hydrogen-bond donors (Lipinski definition) is 2. The molecule has 94 valence electrons. The van der Waals surface area contributed by atoms with Crippen molar-refractivity contribution >= 4 is 5.91 Å². The van der Waals surface area contributed by atoms with Crippen molar-refractivity contribution in [3.63, 3.8) is 0 Å². The summed E-state index contributed by atoms with van der Waals surface area (Å²) < 4.78 is 0. The first-order valence-electron chi connectivity index (χ1n) is 6.20. The maximum Gasteiger partial charge on any atom is 0.223 e. The SMILES string of the molecule is CC(C)(O)CNCCC(=O)N1CCCCC1. The number of amides is 1. The van der Waals surface area contributed by atoms with E-state index < -0.39 is 5.60 Å². The molecule has 1 saturated heterocycles. The quantitative estimate of drug-likeness (QED) is 0.683. The molecule has 1 aliphatic rings. The van der Waals surface area contributed by atoms with Gasteiger partial charge in [-0.05, 0) is 33.1 Å². The predicted octanol–water partition coefficient (Wildman–Crippen LogP) is 0.749. The maximum atomic E-state index is 11.7. The second-order valence-corrected chi connectivity index (χ2v) is 5.18. The van der Waals surface area contributed by atoms with Crippen LogP contribution in [0.25, 0.3) is 0 Å². The lowest BCUT2D eigenvalue weighted by molar-refractivity contribution is -0.132. The Labute approximate surface area is 98.0 Å². The first-order chi connectivity index (χ1) is 7.49. The molecule has 0 radical (unpaired) electrons. The Morgan fingerprint density at radius 3 is 2.50 bits per heavy atom. The van der Waals surface area contributed by atoms with Crippen molar-refractivity contribution in [1.82, 2.24) is 10.2 Å². The molecule has 0 saturated carbocycles. The minimum absolute atomic E-state index is 0.239. The van der Waals surface area contributed by atoms with E-state index in [1.807, 2.05) is 4.90 Å². The Bertz CT molecular complexity index is 218. The second kappa shape index (κ2) is 6.21. The van der Waals surface area contributed by atoms with Crippen LogP contribution in [-0.2, 0) is 4.79 Å². The van der Waals surface area contributed by atoms with Crippen molar-refractivity contribution in [2.75, 3.05) is 26.2 Å². The van der Waals surface area contributed by atoms with Crippen molar-refractivity contribution in [3.05, 3.63) is 0 Å². The van der Waals surface area contributed by atoms with Crippen LogP contribution in [0.2, 0.25) is 0 Å². The van der Waals surface area contributed by atoms with Gasteiger partial charge in [-0.1, -0.05) is 0 Å². The van der Waals surface area contributed by atoms with Gasteiger partial charge in [0.25, 0.3) is 0 Å². The fourth-order valence-electron chi connectivity index (χ4n) is 1.89. The number of nitrogens with zero attached hydrogens (tertiary/aromatic N) is 1. The topological polar surface area (TPSA) is 52.6 Å². The highest BCUT2D eigenvalue weighted by Gasteiger charge is 2.16. The Kier molecular flexibility index (Phi) is 5.22. The van der Waals surface area contributed by atoms with Crippen LogP contribution >= 0.6 is 0 Å². The van der Waals surface area contributed by atoms with E-state index in [4.69, 9.17) is 0 Å². The first kappa shape index (κ1) is 13.5. The lowest BCUT2D eigenvalue weighted by Crippen LogP contribution is -2.39. The average Bonchev–Trinajstić information content (AvgIpc) is 2.24. The van der Waals surface area contributed by atoms with Gasteiger partial charge in [-0.25, -0.2) is 0 Å². The van der Waals surface area contributed by atoms with Crippen LogP contribution in [-0.4, -0.2) is 47.7 Å². The number of likely N-dealkylation sites (tertiary alicyclic amines) is 1. The van der Waals surface area contributed by atoms with Crippen molar-refractivity contribution in [3.8, 4) is 0 Å². The summed E-state index contributed by atoms with van der Waals surface area (Å²) in [6.07, 6.45) is 4.07. The van der Waals surface area contributed by atoms with E-state index in [9.17, 15) is 9.90 Å². The van der Waals surface area contributed by atoms with Gasteiger partial charge in [-0.3, -0.25) is 4.79 Å². The highest BCUT2D eigenvalue weighted by atomic mass is 16.3. The van der Waals surface area contributed by atoms with E-state index in [2.05, 4.69) is 5.32 Å². The zero-order valence-electron chi connectivity index (χ0n) is 10.5. The maximum absolute atomic E-state index is 11.7. The number of carbonyl (C=O) groups excluding carboxylic acids is 1. The molecule has 16 heavy (non-hydrogen) atoms. The zero-order chi connectivity index (χ0) is 12.0. The largest absolute Gasteiger partial charge is 0.389 e. The summed E-state index contributed by atoms with van der Waals surface area (Å²) in [6.45, 7) is 6.53. The fraction of sp³-hybridized carbons (Fsp3) is 0.917. The van der Waals surface area contributed by atoms with Crippen LogP contribution in [0.5, 0.6) is 0 Å². The minimum Gasteiger partial charge on any atom is -0.389 e. The molecule has 0 aromatic heterocycles. The Morgan fingerprint density at radius 1 is 1.31 bits per heavy atom. The van der Waals surface area contributed by atoms with Crippen molar-refractivity contribution in [2.45, 2.75) is 45.1 Å². The van der Waals surface area contributed by atoms with E-state index in [0.717, 1.165) is 25.9 Å². The molecule has 1 rings (SSSR count). The standard InChI is InChI=1S/C12H24N2O2/c1-12(2,16)10-13-7-6-11(15)14-8-4-3-5-9-14/h13,16H,3-10H2,1-2H3. The number of hydrogen-bond acceptors (Lipinski definition) is 3. The minimum atomic E-state index is -0.700. The van der Waals surface area contributed by atoms with Crippen LogP contribution in [0, 0.1) is 0 Å². The van der Waals surface area contributed by atoms with E-state index >= 15 is 0 Å². The molecular formula is C12H24N2O2. The van der Waals surface area contributed by atoms with Crippen LogP contribution in [0.1, 0.15) is 39.5 Å². The van der Waals surface area contributed by atoms with Gasteiger partial charge in [0, 0.05) is 32.6 Å². The van der Waals surface area contributed by atoms with Gasteiger partial charge in [0.1, 0.15) is 0 Å². The molecule has 1 heterocycles. The normalized spacial score (nSPS) is 17.6.